The largest absolute Gasteiger partial charge is 0.378 e. The third kappa shape index (κ3) is 3.65. The minimum absolute atomic E-state index is 0.0838. The smallest absolute Gasteiger partial charge is 0.318 e. The first-order valence-corrected chi connectivity index (χ1v) is 9.96. The van der Waals surface area contributed by atoms with Crippen molar-refractivity contribution in [3.05, 3.63) is 11.9 Å². The van der Waals surface area contributed by atoms with E-state index in [0.717, 1.165) is 31.4 Å². The SMILES string of the molecule is NC(=O)C1(n2cc([C@@H](NC(=O)N3CCOCC3)C3CCCCC3)nn2)CC1. The second-order valence-electron chi connectivity index (χ2n) is 7.91. The maximum Gasteiger partial charge on any atom is 0.318 e. The summed E-state index contributed by atoms with van der Waals surface area (Å²) in [4.78, 5) is 26.4. The summed E-state index contributed by atoms with van der Waals surface area (Å²) in [5, 5.41) is 11.7. The van der Waals surface area contributed by atoms with Crippen molar-refractivity contribution in [2.45, 2.75) is 56.5 Å². The van der Waals surface area contributed by atoms with E-state index >= 15 is 0 Å². The molecule has 0 aromatic carbocycles. The van der Waals surface area contributed by atoms with Gasteiger partial charge in [-0.05, 0) is 31.6 Å². The molecule has 0 radical (unpaired) electrons. The molecular weight excluding hydrogens is 348 g/mol. The molecule has 27 heavy (non-hydrogen) atoms. The lowest BCUT2D eigenvalue weighted by Gasteiger charge is -2.33. The van der Waals surface area contributed by atoms with Crippen molar-refractivity contribution in [2.24, 2.45) is 11.7 Å². The molecule has 0 unspecified atom stereocenters. The number of ether oxygens (including phenoxy) is 1. The summed E-state index contributed by atoms with van der Waals surface area (Å²) in [6, 6.07) is -0.280. The van der Waals surface area contributed by atoms with Gasteiger partial charge in [0, 0.05) is 13.1 Å². The van der Waals surface area contributed by atoms with Crippen molar-refractivity contribution < 1.29 is 14.3 Å². The third-order valence-corrected chi connectivity index (χ3v) is 6.15. The molecule has 9 nitrogen and oxygen atoms in total. The highest BCUT2D eigenvalue weighted by Crippen LogP contribution is 2.43. The van der Waals surface area contributed by atoms with E-state index in [4.69, 9.17) is 10.5 Å². The van der Waals surface area contributed by atoms with Crippen LogP contribution in [0.15, 0.2) is 6.20 Å². The lowest BCUT2D eigenvalue weighted by molar-refractivity contribution is -0.122. The molecule has 148 valence electrons. The average molecular weight is 376 g/mol. The monoisotopic (exact) mass is 376 g/mol. The number of carbonyl (C=O) groups is 2. The summed E-state index contributed by atoms with van der Waals surface area (Å²) in [5.41, 5.74) is 5.55. The van der Waals surface area contributed by atoms with Crippen LogP contribution in [0.25, 0.3) is 0 Å². The fraction of sp³-hybridized carbons (Fsp3) is 0.778. The average Bonchev–Trinajstić information content (AvgIpc) is 3.38. The van der Waals surface area contributed by atoms with Crippen molar-refractivity contribution in [1.29, 1.82) is 0 Å². The standard InChI is InChI=1S/C18H28N6O3/c19-16(25)18(6-7-18)24-12-14(21-22-24)15(13-4-2-1-3-5-13)20-17(26)23-8-10-27-11-9-23/h12-13,15H,1-11H2,(H2,19,25)(H,20,26)/t15-/m0/s1. The number of nitrogens with zero attached hydrogens (tertiary/aromatic N) is 4. The van der Waals surface area contributed by atoms with Crippen LogP contribution in [0.3, 0.4) is 0 Å². The number of carbonyl (C=O) groups excluding carboxylic acids is 2. The Balaban J connectivity index is 1.53. The summed E-state index contributed by atoms with van der Waals surface area (Å²) < 4.78 is 6.93. The van der Waals surface area contributed by atoms with E-state index in [1.807, 2.05) is 0 Å². The molecule has 0 bridgehead atoms. The Bertz CT molecular complexity index is 689. The lowest BCUT2D eigenvalue weighted by Crippen LogP contribution is -2.48. The van der Waals surface area contributed by atoms with Crippen LogP contribution in [0.5, 0.6) is 0 Å². The van der Waals surface area contributed by atoms with Crippen LogP contribution in [0.1, 0.15) is 56.7 Å². The number of primary amides is 1. The van der Waals surface area contributed by atoms with Crippen LogP contribution in [0.4, 0.5) is 4.79 Å². The molecule has 1 aromatic rings. The predicted molar refractivity (Wildman–Crippen MR) is 96.7 cm³/mol. The molecular formula is C18H28N6O3. The summed E-state index contributed by atoms with van der Waals surface area (Å²) in [5.74, 6) is -0.0388. The number of nitrogens with one attached hydrogen (secondary N) is 1. The van der Waals surface area contributed by atoms with Crippen LogP contribution < -0.4 is 11.1 Å². The number of hydrogen-bond donors (Lipinski definition) is 2. The number of hydrogen-bond acceptors (Lipinski definition) is 5. The molecule has 3 aliphatic rings. The van der Waals surface area contributed by atoms with Crippen molar-refractivity contribution in [1.82, 2.24) is 25.2 Å². The Morgan fingerprint density at radius 3 is 2.56 bits per heavy atom. The summed E-state index contributed by atoms with van der Waals surface area (Å²) in [7, 11) is 0. The van der Waals surface area contributed by atoms with E-state index in [-0.39, 0.29) is 18.0 Å². The molecule has 1 aliphatic heterocycles. The normalized spacial score (nSPS) is 23.6. The molecule has 4 rings (SSSR count). The fourth-order valence-electron chi connectivity index (χ4n) is 4.23. The van der Waals surface area contributed by atoms with Gasteiger partial charge in [0.15, 0.2) is 0 Å². The van der Waals surface area contributed by atoms with Gasteiger partial charge in [-0.2, -0.15) is 0 Å². The van der Waals surface area contributed by atoms with Gasteiger partial charge < -0.3 is 20.7 Å². The van der Waals surface area contributed by atoms with E-state index in [1.54, 1.807) is 15.8 Å². The Labute approximate surface area is 158 Å². The van der Waals surface area contributed by atoms with Crippen molar-refractivity contribution in [3.63, 3.8) is 0 Å². The van der Waals surface area contributed by atoms with Gasteiger partial charge in [0.05, 0.1) is 25.5 Å². The molecule has 3 amide bonds. The molecule has 1 aromatic heterocycles. The molecule has 3 N–H and O–H groups in total. The molecule has 3 fully saturated rings. The highest BCUT2D eigenvalue weighted by molar-refractivity contribution is 5.85. The number of rotatable bonds is 5. The van der Waals surface area contributed by atoms with E-state index in [0.29, 0.717) is 45.1 Å². The van der Waals surface area contributed by atoms with Crippen LogP contribution in [-0.2, 0) is 15.1 Å². The molecule has 1 atom stereocenters. The Morgan fingerprint density at radius 2 is 1.93 bits per heavy atom. The summed E-state index contributed by atoms with van der Waals surface area (Å²) in [6.07, 6.45) is 8.86. The van der Waals surface area contributed by atoms with Crippen LogP contribution in [0.2, 0.25) is 0 Å². The van der Waals surface area contributed by atoms with E-state index in [9.17, 15) is 9.59 Å². The van der Waals surface area contributed by atoms with E-state index in [2.05, 4.69) is 15.6 Å². The van der Waals surface area contributed by atoms with E-state index < -0.39 is 5.54 Å². The Morgan fingerprint density at radius 1 is 1.22 bits per heavy atom. The fourth-order valence-corrected chi connectivity index (χ4v) is 4.23. The quantitative estimate of drug-likeness (QED) is 0.793. The number of morpholine rings is 1. The first kappa shape index (κ1) is 18.2. The van der Waals surface area contributed by atoms with Crippen LogP contribution >= 0.6 is 0 Å². The number of aromatic nitrogens is 3. The van der Waals surface area contributed by atoms with Crippen LogP contribution in [-0.4, -0.2) is 58.1 Å². The van der Waals surface area contributed by atoms with Gasteiger partial charge in [-0.15, -0.1) is 5.10 Å². The third-order valence-electron chi connectivity index (χ3n) is 6.15. The van der Waals surface area contributed by atoms with Gasteiger partial charge >= 0.3 is 6.03 Å². The second-order valence-corrected chi connectivity index (χ2v) is 7.91. The molecule has 9 heteroatoms. The van der Waals surface area contributed by atoms with Gasteiger partial charge in [0.1, 0.15) is 11.2 Å². The first-order valence-electron chi connectivity index (χ1n) is 9.96. The highest BCUT2D eigenvalue weighted by atomic mass is 16.5. The molecule has 2 heterocycles. The van der Waals surface area contributed by atoms with Gasteiger partial charge in [0.25, 0.3) is 0 Å². The predicted octanol–water partition coefficient (Wildman–Crippen LogP) is 0.916. The maximum absolute atomic E-state index is 12.8. The highest BCUT2D eigenvalue weighted by Gasteiger charge is 2.52. The Hall–Kier alpha value is -2.16. The minimum Gasteiger partial charge on any atom is -0.378 e. The zero-order chi connectivity index (χ0) is 18.9. The van der Waals surface area contributed by atoms with E-state index in [1.165, 1.54) is 6.42 Å². The minimum atomic E-state index is -0.726. The van der Waals surface area contributed by atoms with Crippen molar-refractivity contribution >= 4 is 11.9 Å². The number of amides is 3. The lowest BCUT2D eigenvalue weighted by atomic mass is 9.83. The van der Waals surface area contributed by atoms with Gasteiger partial charge in [0.2, 0.25) is 5.91 Å². The summed E-state index contributed by atoms with van der Waals surface area (Å²) in [6.45, 7) is 2.33. The number of nitrogens with two attached hydrogens (primary N) is 1. The summed E-state index contributed by atoms with van der Waals surface area (Å²) >= 11 is 0. The van der Waals surface area contributed by atoms with Gasteiger partial charge in [-0.25, -0.2) is 9.48 Å². The Kier molecular flexibility index (Phi) is 5.03. The van der Waals surface area contributed by atoms with Crippen molar-refractivity contribution in [3.8, 4) is 0 Å². The van der Waals surface area contributed by atoms with Gasteiger partial charge in [-0.1, -0.05) is 24.5 Å². The first-order chi connectivity index (χ1) is 13.1. The van der Waals surface area contributed by atoms with Gasteiger partial charge in [-0.3, -0.25) is 4.79 Å². The zero-order valence-corrected chi connectivity index (χ0v) is 15.6. The molecule has 1 saturated heterocycles. The second kappa shape index (κ2) is 7.46. The molecule has 0 spiro atoms. The van der Waals surface area contributed by atoms with Crippen molar-refractivity contribution in [2.75, 3.05) is 26.3 Å². The maximum atomic E-state index is 12.8. The number of urea groups is 1. The zero-order valence-electron chi connectivity index (χ0n) is 15.6. The molecule has 2 aliphatic carbocycles. The molecule has 2 saturated carbocycles. The topological polar surface area (TPSA) is 115 Å². The van der Waals surface area contributed by atoms with Crippen LogP contribution in [0, 0.1) is 5.92 Å².